The van der Waals surface area contributed by atoms with Gasteiger partial charge in [-0.05, 0) is 64.7 Å². The van der Waals surface area contributed by atoms with E-state index in [1.165, 1.54) is 31.4 Å². The molecule has 0 amide bonds. The van der Waals surface area contributed by atoms with Crippen LogP contribution in [-0.2, 0) is 0 Å². The lowest BCUT2D eigenvalue weighted by molar-refractivity contribution is 0.232. The van der Waals surface area contributed by atoms with Gasteiger partial charge in [-0.2, -0.15) is 5.26 Å². The number of thioether (sulfide) groups is 1. The number of nitrogens with zero attached hydrogens (tertiary/aromatic N) is 3. The van der Waals surface area contributed by atoms with E-state index in [-0.39, 0.29) is 5.25 Å². The molecule has 0 unspecified atom stereocenters. The van der Waals surface area contributed by atoms with Crippen molar-refractivity contribution in [3.63, 3.8) is 0 Å². The Kier molecular flexibility index (Phi) is 4.05. The smallest absolute Gasteiger partial charge is 0.169 e. The quantitative estimate of drug-likeness (QED) is 0.769. The Morgan fingerprint density at radius 2 is 2.05 bits per heavy atom. The lowest BCUT2D eigenvalue weighted by Gasteiger charge is -2.30. The molecule has 0 aliphatic heterocycles. The molecule has 3 rings (SSSR count). The number of rotatable bonds is 4. The van der Waals surface area contributed by atoms with Crippen LogP contribution in [-0.4, -0.2) is 14.8 Å². The highest BCUT2D eigenvalue weighted by Gasteiger charge is 2.43. The molecule has 0 aromatic carbocycles. The number of aryl methyl sites for hydroxylation is 1. The van der Waals surface area contributed by atoms with Gasteiger partial charge in [-0.15, -0.1) is 0 Å². The summed E-state index contributed by atoms with van der Waals surface area (Å²) >= 11 is 1.60. The van der Waals surface area contributed by atoms with Crippen LogP contribution in [0.15, 0.2) is 5.16 Å². The number of nitriles is 1. The van der Waals surface area contributed by atoms with Gasteiger partial charge in [-0.3, -0.25) is 0 Å². The number of fused-ring (bicyclic) bond motifs is 2. The Bertz CT molecular complexity index is 571. The first kappa shape index (κ1) is 15.0. The first-order valence-corrected chi connectivity index (χ1v) is 9.01. The zero-order chi connectivity index (χ0) is 15.1. The average molecular weight is 303 g/mol. The molecule has 2 aliphatic carbocycles. The van der Waals surface area contributed by atoms with Crippen LogP contribution in [0.5, 0.6) is 0 Å². The standard InChI is InChI=1S/C17H25N3S/c1-10(9-18)21-17-19-11(2)12(3)20(17)13(4)16-8-14-5-6-15(16)7-14/h10,13-16H,5-8H2,1-4H3/t10-,13+,14+,15+,16-/m1/s1. The fourth-order valence-electron chi connectivity index (χ4n) is 4.42. The summed E-state index contributed by atoms with van der Waals surface area (Å²) in [7, 11) is 0. The molecule has 1 aromatic rings. The third kappa shape index (κ3) is 2.61. The van der Waals surface area contributed by atoms with Crippen LogP contribution in [0, 0.1) is 42.9 Å². The monoisotopic (exact) mass is 303 g/mol. The molecule has 21 heavy (non-hydrogen) atoms. The maximum Gasteiger partial charge on any atom is 0.169 e. The summed E-state index contributed by atoms with van der Waals surface area (Å²) in [5.74, 6) is 2.69. The Morgan fingerprint density at radius 1 is 1.29 bits per heavy atom. The van der Waals surface area contributed by atoms with Crippen molar-refractivity contribution < 1.29 is 0 Å². The molecule has 5 atom stereocenters. The van der Waals surface area contributed by atoms with Gasteiger partial charge >= 0.3 is 0 Å². The molecular formula is C17H25N3S. The fraction of sp³-hybridized carbons (Fsp3) is 0.765. The van der Waals surface area contributed by atoms with Gasteiger partial charge in [0.05, 0.1) is 17.0 Å². The first-order valence-electron chi connectivity index (χ1n) is 8.13. The maximum atomic E-state index is 9.09. The largest absolute Gasteiger partial charge is 0.320 e. The summed E-state index contributed by atoms with van der Waals surface area (Å²) in [5.41, 5.74) is 2.38. The molecule has 0 N–H and O–H groups in total. The molecule has 1 aromatic heterocycles. The molecule has 2 saturated carbocycles. The van der Waals surface area contributed by atoms with E-state index in [1.807, 2.05) is 6.92 Å². The van der Waals surface area contributed by atoms with Gasteiger partial charge in [0.1, 0.15) is 0 Å². The van der Waals surface area contributed by atoms with Gasteiger partial charge in [0.2, 0.25) is 0 Å². The van der Waals surface area contributed by atoms with Crippen LogP contribution in [0.25, 0.3) is 0 Å². The molecule has 0 spiro atoms. The van der Waals surface area contributed by atoms with E-state index in [2.05, 4.69) is 31.4 Å². The Labute approximate surface area is 132 Å². The second-order valence-corrected chi connectivity index (χ2v) is 8.21. The van der Waals surface area contributed by atoms with E-state index < -0.39 is 0 Å². The van der Waals surface area contributed by atoms with Gasteiger partial charge in [0, 0.05) is 11.7 Å². The fourth-order valence-corrected chi connectivity index (χ4v) is 5.39. The second kappa shape index (κ2) is 5.68. The van der Waals surface area contributed by atoms with Crippen molar-refractivity contribution in [1.82, 2.24) is 9.55 Å². The van der Waals surface area contributed by atoms with Crippen LogP contribution < -0.4 is 0 Å². The van der Waals surface area contributed by atoms with Crippen molar-refractivity contribution in [3.8, 4) is 6.07 Å². The van der Waals surface area contributed by atoms with E-state index in [1.54, 1.807) is 11.8 Å². The summed E-state index contributed by atoms with van der Waals surface area (Å²) in [6.45, 7) is 8.57. The summed E-state index contributed by atoms with van der Waals surface area (Å²) in [6.07, 6.45) is 5.70. The highest BCUT2D eigenvalue weighted by atomic mass is 32.2. The van der Waals surface area contributed by atoms with Crippen molar-refractivity contribution >= 4 is 11.8 Å². The molecule has 4 heteroatoms. The van der Waals surface area contributed by atoms with Crippen LogP contribution in [0.3, 0.4) is 0 Å². The lowest BCUT2D eigenvalue weighted by atomic mass is 9.84. The van der Waals surface area contributed by atoms with Crippen LogP contribution in [0.1, 0.15) is 57.0 Å². The second-order valence-electron chi connectivity index (χ2n) is 6.90. The number of imidazole rings is 1. The SMILES string of the molecule is Cc1nc(S[C@H](C)C#N)n([C@@H](C)[C@H]2C[C@H]3CC[C@H]2C3)c1C. The normalized spacial score (nSPS) is 30.3. The summed E-state index contributed by atoms with van der Waals surface area (Å²) < 4.78 is 2.42. The molecule has 0 radical (unpaired) electrons. The summed E-state index contributed by atoms with van der Waals surface area (Å²) in [4.78, 5) is 4.73. The molecule has 114 valence electrons. The predicted molar refractivity (Wildman–Crippen MR) is 86.3 cm³/mol. The molecule has 3 nitrogen and oxygen atoms in total. The van der Waals surface area contributed by atoms with E-state index in [4.69, 9.17) is 10.2 Å². The van der Waals surface area contributed by atoms with Crippen LogP contribution in [0.2, 0.25) is 0 Å². The molecule has 0 saturated heterocycles. The lowest BCUT2D eigenvalue weighted by Crippen LogP contribution is -2.23. The predicted octanol–water partition coefficient (Wildman–Crippen LogP) is 4.50. The molecule has 2 bridgehead atoms. The third-order valence-electron chi connectivity index (χ3n) is 5.64. The molecule has 2 fully saturated rings. The minimum atomic E-state index is -0.0443. The van der Waals surface area contributed by atoms with E-state index in [0.29, 0.717) is 6.04 Å². The van der Waals surface area contributed by atoms with Gasteiger partial charge in [0.25, 0.3) is 0 Å². The molecular weight excluding hydrogens is 278 g/mol. The average Bonchev–Trinajstić information content (AvgIpc) is 3.14. The number of hydrogen-bond acceptors (Lipinski definition) is 3. The highest BCUT2D eigenvalue weighted by molar-refractivity contribution is 8.00. The summed E-state index contributed by atoms with van der Waals surface area (Å²) in [6, 6.07) is 2.82. The minimum Gasteiger partial charge on any atom is -0.320 e. The minimum absolute atomic E-state index is 0.0443. The van der Waals surface area contributed by atoms with Crippen LogP contribution in [0.4, 0.5) is 0 Å². The van der Waals surface area contributed by atoms with Gasteiger partial charge < -0.3 is 4.57 Å². The van der Waals surface area contributed by atoms with Gasteiger partial charge in [-0.25, -0.2) is 4.98 Å². The van der Waals surface area contributed by atoms with Crippen molar-refractivity contribution in [2.75, 3.05) is 0 Å². The molecule has 1 heterocycles. The maximum absolute atomic E-state index is 9.09. The van der Waals surface area contributed by atoms with Crippen molar-refractivity contribution in [1.29, 1.82) is 5.26 Å². The number of aromatic nitrogens is 2. The Hall–Kier alpha value is -0.950. The van der Waals surface area contributed by atoms with Crippen molar-refractivity contribution in [2.45, 2.75) is 69.8 Å². The zero-order valence-corrected chi connectivity index (χ0v) is 14.3. The topological polar surface area (TPSA) is 41.6 Å². The van der Waals surface area contributed by atoms with Gasteiger partial charge in [-0.1, -0.05) is 18.2 Å². The first-order chi connectivity index (χ1) is 10.0. The summed E-state index contributed by atoms with van der Waals surface area (Å²) in [5, 5.41) is 10.1. The van der Waals surface area contributed by atoms with E-state index >= 15 is 0 Å². The van der Waals surface area contributed by atoms with E-state index in [9.17, 15) is 0 Å². The van der Waals surface area contributed by atoms with Crippen molar-refractivity contribution in [3.05, 3.63) is 11.4 Å². The Balaban J connectivity index is 1.88. The third-order valence-corrected chi connectivity index (χ3v) is 6.60. The zero-order valence-electron chi connectivity index (χ0n) is 13.5. The van der Waals surface area contributed by atoms with Gasteiger partial charge in [0.15, 0.2) is 5.16 Å². The highest BCUT2D eigenvalue weighted by Crippen LogP contribution is 2.52. The van der Waals surface area contributed by atoms with Crippen LogP contribution >= 0.6 is 11.8 Å². The van der Waals surface area contributed by atoms with E-state index in [0.717, 1.165) is 28.6 Å². The Morgan fingerprint density at radius 3 is 2.62 bits per heavy atom. The molecule has 2 aliphatic rings. The number of hydrogen-bond donors (Lipinski definition) is 0. The van der Waals surface area contributed by atoms with Crippen molar-refractivity contribution in [2.24, 2.45) is 17.8 Å².